The number of rotatable bonds is 5. The van der Waals surface area contributed by atoms with Crippen LogP contribution in [0.15, 0.2) is 36.0 Å². The molecule has 0 aliphatic rings. The van der Waals surface area contributed by atoms with Crippen LogP contribution < -0.4 is 0 Å². The lowest BCUT2D eigenvalue weighted by Crippen LogP contribution is -2.22. The van der Waals surface area contributed by atoms with Gasteiger partial charge in [0.15, 0.2) is 0 Å². The van der Waals surface area contributed by atoms with Crippen LogP contribution in [0.2, 0.25) is 0 Å². The molecule has 0 fully saturated rings. The molecule has 0 heterocycles. The van der Waals surface area contributed by atoms with Gasteiger partial charge in [-0.25, -0.2) is 4.79 Å². The summed E-state index contributed by atoms with van der Waals surface area (Å²) in [6.45, 7) is 1.55. The molecule has 7 heteroatoms. The summed E-state index contributed by atoms with van der Waals surface area (Å²) in [6.07, 6.45) is -3.54. The standard InChI is InChI=1S/C15H16F3NO3/c1-4-22-14(21)11(9-19(2)3)13(20)10-7-5-6-8-12(10)15(16,17)18/h5-9H,4H2,1-3H3/b11-9+. The van der Waals surface area contributed by atoms with E-state index in [1.807, 2.05) is 0 Å². The summed E-state index contributed by atoms with van der Waals surface area (Å²) in [5.74, 6) is -1.99. The first kappa shape index (κ1) is 17.7. The lowest BCUT2D eigenvalue weighted by atomic mass is 9.98. The van der Waals surface area contributed by atoms with Crippen molar-refractivity contribution in [3.8, 4) is 0 Å². The van der Waals surface area contributed by atoms with Gasteiger partial charge in [-0.2, -0.15) is 13.2 Å². The van der Waals surface area contributed by atoms with Gasteiger partial charge in [0, 0.05) is 25.9 Å². The predicted molar refractivity (Wildman–Crippen MR) is 74.2 cm³/mol. The maximum absolute atomic E-state index is 13.0. The first-order valence-electron chi connectivity index (χ1n) is 6.44. The molecule has 0 bridgehead atoms. The average molecular weight is 315 g/mol. The molecule has 4 nitrogen and oxygen atoms in total. The van der Waals surface area contributed by atoms with Gasteiger partial charge in [-0.1, -0.05) is 18.2 Å². The van der Waals surface area contributed by atoms with Crippen molar-refractivity contribution in [2.24, 2.45) is 0 Å². The third kappa shape index (κ3) is 4.34. The molecule has 1 rings (SSSR count). The van der Waals surface area contributed by atoms with Gasteiger partial charge < -0.3 is 9.64 Å². The molecule has 0 aromatic heterocycles. The molecule has 22 heavy (non-hydrogen) atoms. The van der Waals surface area contributed by atoms with Gasteiger partial charge in [-0.15, -0.1) is 0 Å². The summed E-state index contributed by atoms with van der Waals surface area (Å²) in [4.78, 5) is 25.6. The molecular formula is C15H16F3NO3. The van der Waals surface area contributed by atoms with Gasteiger partial charge in [0.25, 0.3) is 0 Å². The lowest BCUT2D eigenvalue weighted by molar-refractivity contribution is -0.139. The van der Waals surface area contributed by atoms with Crippen molar-refractivity contribution in [3.05, 3.63) is 47.2 Å². The first-order valence-corrected chi connectivity index (χ1v) is 6.44. The van der Waals surface area contributed by atoms with E-state index in [1.165, 1.54) is 17.0 Å². The van der Waals surface area contributed by atoms with E-state index in [-0.39, 0.29) is 6.61 Å². The van der Waals surface area contributed by atoms with Gasteiger partial charge in [0.1, 0.15) is 5.57 Å². The summed E-state index contributed by atoms with van der Waals surface area (Å²) in [5.41, 5.74) is -2.13. The lowest BCUT2D eigenvalue weighted by Gasteiger charge is -2.14. The van der Waals surface area contributed by atoms with Crippen LogP contribution in [0.5, 0.6) is 0 Å². The minimum absolute atomic E-state index is 0.0117. The first-order chi connectivity index (χ1) is 10.2. The second kappa shape index (κ2) is 7.11. The number of hydrogen-bond acceptors (Lipinski definition) is 4. The van der Waals surface area contributed by atoms with Crippen molar-refractivity contribution in [1.82, 2.24) is 4.90 Å². The van der Waals surface area contributed by atoms with Crippen LogP contribution in [0, 0.1) is 0 Å². The fourth-order valence-electron chi connectivity index (χ4n) is 1.74. The molecule has 0 N–H and O–H groups in total. The van der Waals surface area contributed by atoms with E-state index in [2.05, 4.69) is 0 Å². The highest BCUT2D eigenvalue weighted by Gasteiger charge is 2.36. The topological polar surface area (TPSA) is 46.6 Å². The zero-order valence-electron chi connectivity index (χ0n) is 12.4. The number of hydrogen-bond donors (Lipinski definition) is 0. The zero-order valence-corrected chi connectivity index (χ0v) is 12.4. The maximum atomic E-state index is 13.0. The Balaban J connectivity index is 3.35. The van der Waals surface area contributed by atoms with E-state index >= 15 is 0 Å². The van der Waals surface area contributed by atoms with Gasteiger partial charge in [-0.05, 0) is 13.0 Å². The highest BCUT2D eigenvalue weighted by molar-refractivity contribution is 6.24. The summed E-state index contributed by atoms with van der Waals surface area (Å²) in [7, 11) is 3.09. The molecule has 0 amide bonds. The minimum atomic E-state index is -4.69. The van der Waals surface area contributed by atoms with Crippen LogP contribution in [-0.2, 0) is 15.7 Å². The highest BCUT2D eigenvalue weighted by atomic mass is 19.4. The second-order valence-electron chi connectivity index (χ2n) is 4.60. The molecule has 1 aromatic rings. The number of ether oxygens (including phenoxy) is 1. The fraction of sp³-hybridized carbons (Fsp3) is 0.333. The Labute approximate surface area is 126 Å². The maximum Gasteiger partial charge on any atom is 0.417 e. The van der Waals surface area contributed by atoms with Crippen molar-refractivity contribution in [3.63, 3.8) is 0 Å². The number of ketones is 1. The molecule has 0 unspecified atom stereocenters. The molecule has 0 atom stereocenters. The Bertz CT molecular complexity index is 592. The fourth-order valence-corrected chi connectivity index (χ4v) is 1.74. The Kier molecular flexibility index (Phi) is 5.73. The number of esters is 1. The van der Waals surface area contributed by atoms with Crippen molar-refractivity contribution in [2.75, 3.05) is 20.7 Å². The smallest absolute Gasteiger partial charge is 0.417 e. The zero-order chi connectivity index (χ0) is 16.9. The molecule has 0 saturated heterocycles. The Hall–Kier alpha value is -2.31. The summed E-state index contributed by atoms with van der Waals surface area (Å²) in [6, 6.07) is 4.32. The predicted octanol–water partition coefficient (Wildman–Crippen LogP) is 2.90. The summed E-state index contributed by atoms with van der Waals surface area (Å²) in [5, 5.41) is 0. The Morgan fingerprint density at radius 1 is 1.23 bits per heavy atom. The van der Waals surface area contributed by atoms with E-state index in [0.29, 0.717) is 0 Å². The number of Topliss-reactive ketones (excluding diaryl/α,β-unsaturated/α-hetero) is 1. The van der Waals surface area contributed by atoms with Gasteiger partial charge in [0.05, 0.1) is 12.2 Å². The third-order valence-electron chi connectivity index (χ3n) is 2.60. The number of alkyl halides is 3. The van der Waals surface area contributed by atoms with Crippen LogP contribution in [-0.4, -0.2) is 37.4 Å². The van der Waals surface area contributed by atoms with Crippen LogP contribution in [0.1, 0.15) is 22.8 Å². The van der Waals surface area contributed by atoms with Gasteiger partial charge in [0.2, 0.25) is 5.78 Å². The highest BCUT2D eigenvalue weighted by Crippen LogP contribution is 2.32. The third-order valence-corrected chi connectivity index (χ3v) is 2.60. The number of carbonyl (C=O) groups excluding carboxylic acids is 2. The van der Waals surface area contributed by atoms with E-state index in [1.54, 1.807) is 21.0 Å². The molecule has 0 radical (unpaired) electrons. The number of carbonyl (C=O) groups is 2. The van der Waals surface area contributed by atoms with Gasteiger partial charge in [-0.3, -0.25) is 4.79 Å². The Morgan fingerprint density at radius 2 is 1.82 bits per heavy atom. The molecule has 1 aromatic carbocycles. The number of nitrogens with zero attached hydrogens (tertiary/aromatic N) is 1. The summed E-state index contributed by atoms with van der Waals surface area (Å²) < 4.78 is 43.7. The van der Waals surface area contributed by atoms with E-state index in [0.717, 1.165) is 18.3 Å². The normalized spacial score (nSPS) is 12.0. The minimum Gasteiger partial charge on any atom is -0.462 e. The Morgan fingerprint density at radius 3 is 2.32 bits per heavy atom. The van der Waals surface area contributed by atoms with E-state index in [9.17, 15) is 22.8 Å². The van der Waals surface area contributed by atoms with E-state index < -0.39 is 34.6 Å². The molecule has 0 spiro atoms. The SMILES string of the molecule is CCOC(=O)/C(=C/N(C)C)C(=O)c1ccccc1C(F)(F)F. The largest absolute Gasteiger partial charge is 0.462 e. The molecule has 120 valence electrons. The van der Waals surface area contributed by atoms with Crippen molar-refractivity contribution < 1.29 is 27.5 Å². The van der Waals surface area contributed by atoms with Crippen molar-refractivity contribution in [1.29, 1.82) is 0 Å². The van der Waals surface area contributed by atoms with Gasteiger partial charge >= 0.3 is 12.1 Å². The number of benzene rings is 1. The molecule has 0 saturated carbocycles. The van der Waals surface area contributed by atoms with Crippen molar-refractivity contribution in [2.45, 2.75) is 13.1 Å². The van der Waals surface area contributed by atoms with Crippen molar-refractivity contribution >= 4 is 11.8 Å². The molecule has 0 aliphatic carbocycles. The molecular weight excluding hydrogens is 299 g/mol. The van der Waals surface area contributed by atoms with Crippen LogP contribution in [0.25, 0.3) is 0 Å². The van der Waals surface area contributed by atoms with Crippen LogP contribution >= 0.6 is 0 Å². The monoisotopic (exact) mass is 315 g/mol. The quantitative estimate of drug-likeness (QED) is 0.276. The van der Waals surface area contributed by atoms with Crippen LogP contribution in [0.4, 0.5) is 13.2 Å². The second-order valence-corrected chi connectivity index (χ2v) is 4.60. The average Bonchev–Trinajstić information content (AvgIpc) is 2.43. The summed E-state index contributed by atoms with van der Waals surface area (Å²) >= 11 is 0. The molecule has 0 aliphatic heterocycles. The van der Waals surface area contributed by atoms with E-state index in [4.69, 9.17) is 4.74 Å². The number of halogens is 3. The van der Waals surface area contributed by atoms with Crippen LogP contribution in [0.3, 0.4) is 0 Å².